The van der Waals surface area contributed by atoms with E-state index in [0.29, 0.717) is 36.5 Å². The molecule has 2 fully saturated rings. The number of aromatic amines is 1. The molecule has 0 bridgehead atoms. The molecule has 46 heavy (non-hydrogen) atoms. The smallest absolute Gasteiger partial charge is 0.337 e. The first kappa shape index (κ1) is 33.8. The number of halogens is 1. The third-order valence-electron chi connectivity index (χ3n) is 9.01. The Hall–Kier alpha value is -3.53. The molecule has 1 atom stereocenters. The molecule has 2 saturated heterocycles. The van der Waals surface area contributed by atoms with Crippen molar-refractivity contribution in [1.82, 2.24) is 31.3 Å². The molecule has 3 aliphatic rings. The molecule has 0 spiro atoms. The van der Waals surface area contributed by atoms with E-state index in [1.165, 1.54) is 0 Å². The van der Waals surface area contributed by atoms with Gasteiger partial charge in [-0.2, -0.15) is 5.10 Å². The second-order valence-corrected chi connectivity index (χ2v) is 13.1. The minimum Gasteiger partial charge on any atom is -1.00 e. The van der Waals surface area contributed by atoms with Crippen molar-refractivity contribution in [2.75, 3.05) is 36.5 Å². The van der Waals surface area contributed by atoms with Crippen molar-refractivity contribution < 1.29 is 38.4 Å². The third kappa shape index (κ3) is 6.37. The predicted molar refractivity (Wildman–Crippen MR) is 177 cm³/mol. The Morgan fingerprint density at radius 3 is 2.65 bits per heavy atom. The fourth-order valence-electron chi connectivity index (χ4n) is 6.40. The molecule has 3 aliphatic heterocycles. The molecule has 0 radical (unpaired) electrons. The number of Topliss-reactive ketones (excluding diaryl/α,β-unsaturated/α-hetero) is 1. The number of anilines is 3. The molecule has 11 nitrogen and oxygen atoms in total. The van der Waals surface area contributed by atoms with Crippen LogP contribution in [0.25, 0.3) is 0 Å². The van der Waals surface area contributed by atoms with Gasteiger partial charge in [0.15, 0.2) is 18.5 Å². The van der Waals surface area contributed by atoms with E-state index in [0.717, 1.165) is 52.8 Å². The molecule has 3 amide bonds. The van der Waals surface area contributed by atoms with Gasteiger partial charge in [0.1, 0.15) is 12.2 Å². The van der Waals surface area contributed by atoms with Crippen LogP contribution < -0.4 is 49.9 Å². The number of hydrogen-bond donors (Lipinski definition) is 4. The summed E-state index contributed by atoms with van der Waals surface area (Å²) in [6, 6.07) is 12.3. The van der Waals surface area contributed by atoms with E-state index in [-0.39, 0.29) is 48.2 Å². The first-order valence-corrected chi connectivity index (χ1v) is 15.7. The Labute approximate surface area is 291 Å². The summed E-state index contributed by atoms with van der Waals surface area (Å²) in [7, 11) is 1.95. The lowest BCUT2D eigenvalue weighted by Crippen LogP contribution is -3.00. The summed E-state index contributed by atoms with van der Waals surface area (Å²) < 4.78 is 0. The van der Waals surface area contributed by atoms with Gasteiger partial charge in [0, 0.05) is 54.5 Å². The summed E-state index contributed by atoms with van der Waals surface area (Å²) in [6.07, 6.45) is 3.26. The molecule has 0 saturated carbocycles. The van der Waals surface area contributed by atoms with Gasteiger partial charge in [-0.1, -0.05) is 44.3 Å². The first-order valence-electron chi connectivity index (χ1n) is 15.3. The number of aromatic nitrogens is 2. The molecule has 0 unspecified atom stereocenters. The fourth-order valence-corrected chi connectivity index (χ4v) is 6.69. The highest BCUT2D eigenvalue weighted by molar-refractivity contribution is 7.80. The molecule has 4 N–H and O–H groups in total. The summed E-state index contributed by atoms with van der Waals surface area (Å²) in [5, 5.41) is 10.3. The number of hydrazine groups is 1. The maximum Gasteiger partial charge on any atom is 0.337 e. The van der Waals surface area contributed by atoms with E-state index in [2.05, 4.69) is 26.4 Å². The van der Waals surface area contributed by atoms with Crippen LogP contribution in [0.15, 0.2) is 48.7 Å². The Kier molecular flexibility index (Phi) is 10.1. The second-order valence-electron chi connectivity index (χ2n) is 12.6. The fraction of sp³-hybridized carbons (Fsp3) is 0.394. The number of ketones is 1. The third-order valence-corrected chi connectivity index (χ3v) is 9.79. The van der Waals surface area contributed by atoms with Gasteiger partial charge in [0.25, 0.3) is 5.91 Å². The zero-order valence-electron chi connectivity index (χ0n) is 26.4. The number of carbonyl (C=O) groups is 3. The number of thiocarbonyl (C=S) groups is 1. The standard InChI is InChI=1S/C33H38N8O3S.HI/c1-20-14-21(31(43)40-18-24-17-37-38-30(24)39(4)25-9-5-6-10-26(25)40)11-12-22(20)15-34-32(44)41-19-33(2,3)29(45)27(41)28(42)23-8-7-13-35-36-16-23;/h5-6,9-12,14,17,27,35-36H,7-8,13,15-16,18-19H2,1-4H3,(H-,34,37,38,44);1H/t27-;/m1./s1. The summed E-state index contributed by atoms with van der Waals surface area (Å²) in [5.41, 5.74) is 10.7. The number of nitrogens with one attached hydrogen (secondary N) is 4. The topological polar surface area (TPSA) is 126 Å². The van der Waals surface area contributed by atoms with E-state index in [1.807, 2.05) is 69.1 Å². The van der Waals surface area contributed by atoms with E-state index in [1.54, 1.807) is 22.1 Å². The normalized spacial score (nSPS) is 19.0. The number of benzene rings is 2. The number of likely N-dealkylation sites (tertiary alicyclic amines) is 1. The van der Waals surface area contributed by atoms with Gasteiger partial charge in [-0.15, -0.1) is 0 Å². The van der Waals surface area contributed by atoms with Crippen molar-refractivity contribution in [2.45, 2.75) is 52.7 Å². The zero-order valence-corrected chi connectivity index (χ0v) is 29.4. The van der Waals surface area contributed by atoms with E-state index >= 15 is 0 Å². The van der Waals surface area contributed by atoms with E-state index < -0.39 is 11.5 Å². The van der Waals surface area contributed by atoms with Crippen LogP contribution in [0, 0.1) is 18.3 Å². The Morgan fingerprint density at radius 2 is 1.89 bits per heavy atom. The van der Waals surface area contributed by atoms with Gasteiger partial charge in [-0.3, -0.25) is 15.3 Å². The number of H-pyrrole nitrogens is 1. The predicted octanol–water partition coefficient (Wildman–Crippen LogP) is 0.972. The van der Waals surface area contributed by atoms with Crippen LogP contribution in [0.1, 0.15) is 53.7 Å². The van der Waals surface area contributed by atoms with Gasteiger partial charge in [0.05, 0.1) is 24.1 Å². The lowest BCUT2D eigenvalue weighted by molar-refractivity contribution is -0.119. The molecular formula is C33H39IN8O3S. The van der Waals surface area contributed by atoms with Crippen LogP contribution in [0.4, 0.5) is 22.0 Å². The van der Waals surface area contributed by atoms with Crippen LogP contribution in [0.2, 0.25) is 0 Å². The van der Waals surface area contributed by atoms with E-state index in [9.17, 15) is 14.4 Å². The number of para-hydroxylation sites is 2. The lowest BCUT2D eigenvalue weighted by Gasteiger charge is -2.25. The van der Waals surface area contributed by atoms with Crippen molar-refractivity contribution in [3.63, 3.8) is 0 Å². The number of carbonyl (C=O) groups excluding carboxylic acids is 3. The molecule has 242 valence electrons. The van der Waals surface area contributed by atoms with E-state index in [4.69, 9.17) is 12.2 Å². The number of hydrogen-bond acceptors (Lipinski definition) is 8. The van der Waals surface area contributed by atoms with Crippen molar-refractivity contribution in [3.05, 3.63) is 76.8 Å². The minimum absolute atomic E-state index is 0. The average molecular weight is 755 g/mol. The summed E-state index contributed by atoms with van der Waals surface area (Å²) in [6.45, 7) is 8.10. The van der Waals surface area contributed by atoms with Crippen molar-refractivity contribution in [2.24, 2.45) is 5.41 Å². The molecule has 3 aromatic rings. The summed E-state index contributed by atoms with van der Waals surface area (Å²) >= 11 is 5.76. The SMILES string of the molecule is Cc1cc(C(=O)N2Cc3cn[nH]c3N(C)c3ccccc32)ccc1CNC(=O)N1CC(C)(C)C(=S)[C@H]1C(=O)[C+]1CCCNNC1.[I-]. The second kappa shape index (κ2) is 13.7. The summed E-state index contributed by atoms with van der Waals surface area (Å²) in [5.74, 6) is 1.40. The highest BCUT2D eigenvalue weighted by Gasteiger charge is 2.53. The number of nitrogens with zero attached hydrogens (tertiary/aromatic N) is 4. The van der Waals surface area contributed by atoms with Crippen LogP contribution in [0.3, 0.4) is 0 Å². The number of aryl methyl sites for hydroxylation is 1. The highest BCUT2D eigenvalue weighted by Crippen LogP contribution is 2.39. The number of amides is 3. The van der Waals surface area contributed by atoms with Crippen LogP contribution in [0.5, 0.6) is 0 Å². The van der Waals surface area contributed by atoms with Crippen molar-refractivity contribution in [1.29, 1.82) is 0 Å². The summed E-state index contributed by atoms with van der Waals surface area (Å²) in [4.78, 5) is 47.1. The monoisotopic (exact) mass is 754 g/mol. The maximum atomic E-state index is 13.9. The van der Waals surface area contributed by atoms with Crippen molar-refractivity contribution >= 4 is 52.0 Å². The van der Waals surface area contributed by atoms with Gasteiger partial charge >= 0.3 is 11.8 Å². The first-order chi connectivity index (χ1) is 21.6. The number of rotatable bonds is 5. The minimum atomic E-state index is -0.766. The number of fused-ring (bicyclic) bond motifs is 2. The van der Waals surface area contributed by atoms with Crippen LogP contribution in [-0.2, 0) is 17.9 Å². The Morgan fingerprint density at radius 1 is 1.13 bits per heavy atom. The Bertz CT molecular complexity index is 1650. The molecule has 1 aromatic heterocycles. The largest absolute Gasteiger partial charge is 1.00 e. The molecule has 4 heterocycles. The van der Waals surface area contributed by atoms with Crippen molar-refractivity contribution in [3.8, 4) is 0 Å². The Balaban J connectivity index is 0.00000417. The molecule has 2 aromatic carbocycles. The van der Waals surface area contributed by atoms with Gasteiger partial charge in [-0.05, 0) is 42.3 Å². The molecular weight excluding hydrogens is 715 g/mol. The van der Waals surface area contributed by atoms with Gasteiger partial charge in [0.2, 0.25) is 0 Å². The molecule has 0 aliphatic carbocycles. The molecule has 6 rings (SSSR count). The van der Waals surface area contributed by atoms with Crippen LogP contribution in [-0.4, -0.2) is 70.4 Å². The molecule has 13 heteroatoms. The highest BCUT2D eigenvalue weighted by atomic mass is 127. The number of urea groups is 1. The van der Waals surface area contributed by atoms with Crippen LogP contribution >= 0.6 is 12.2 Å². The van der Waals surface area contributed by atoms with Gasteiger partial charge < -0.3 is 44.0 Å². The maximum absolute atomic E-state index is 13.9. The quantitative estimate of drug-likeness (QED) is 0.173. The lowest BCUT2D eigenvalue weighted by atomic mass is 9.85. The van der Waals surface area contributed by atoms with Gasteiger partial charge in [-0.25, -0.2) is 15.0 Å². The zero-order chi connectivity index (χ0) is 31.9. The average Bonchev–Trinajstić information content (AvgIpc) is 3.41.